The van der Waals surface area contributed by atoms with Crippen LogP contribution in [-0.2, 0) is 33.7 Å². The van der Waals surface area contributed by atoms with Gasteiger partial charge in [-0.2, -0.15) is 5.10 Å². The summed E-state index contributed by atoms with van der Waals surface area (Å²) in [5, 5.41) is 7.33. The summed E-state index contributed by atoms with van der Waals surface area (Å²) in [5.74, 6) is 0.525. The van der Waals surface area contributed by atoms with Crippen LogP contribution in [0.25, 0.3) is 0 Å². The minimum absolute atomic E-state index is 0.110. The summed E-state index contributed by atoms with van der Waals surface area (Å²) in [6, 6.07) is 7.68. The van der Waals surface area contributed by atoms with Gasteiger partial charge in [0.25, 0.3) is 5.91 Å². The van der Waals surface area contributed by atoms with Crippen molar-refractivity contribution in [2.24, 2.45) is 5.92 Å². The van der Waals surface area contributed by atoms with Gasteiger partial charge in [-0.05, 0) is 50.8 Å². The van der Waals surface area contributed by atoms with Crippen LogP contribution >= 0.6 is 0 Å². The molecule has 1 heterocycles. The number of rotatable bonds is 10. The van der Waals surface area contributed by atoms with Crippen molar-refractivity contribution in [1.82, 2.24) is 15.1 Å². The lowest BCUT2D eigenvalue weighted by molar-refractivity contribution is -0.154. The zero-order valence-corrected chi connectivity index (χ0v) is 18.8. The highest BCUT2D eigenvalue weighted by molar-refractivity contribution is 5.84. The van der Waals surface area contributed by atoms with Crippen LogP contribution in [0.2, 0.25) is 0 Å². The van der Waals surface area contributed by atoms with E-state index in [1.165, 1.54) is 0 Å². The first-order valence-electron chi connectivity index (χ1n) is 10.3. The molecule has 0 radical (unpaired) electrons. The van der Waals surface area contributed by atoms with Gasteiger partial charge in [-0.25, -0.2) is 0 Å². The summed E-state index contributed by atoms with van der Waals surface area (Å²) in [7, 11) is 1.62. The molecule has 2 aromatic rings. The molecule has 0 bridgehead atoms. The summed E-state index contributed by atoms with van der Waals surface area (Å²) in [6.45, 7) is 10.9. The van der Waals surface area contributed by atoms with E-state index in [-0.39, 0.29) is 12.3 Å². The standard InChI is InChI=1S/C23H33N3O4/c1-15(2)14-26-17(4)21(16(3)25-26)13-22(27)30-18(5)23(28)24-12-11-19-7-9-20(29-6)10-8-19/h7-10,15,18H,11-14H2,1-6H3,(H,24,28). The molecule has 7 heteroatoms. The van der Waals surface area contributed by atoms with Crippen molar-refractivity contribution in [1.29, 1.82) is 0 Å². The molecular weight excluding hydrogens is 382 g/mol. The molecule has 30 heavy (non-hydrogen) atoms. The van der Waals surface area contributed by atoms with Gasteiger partial charge >= 0.3 is 5.97 Å². The van der Waals surface area contributed by atoms with Gasteiger partial charge in [0.1, 0.15) is 5.75 Å². The summed E-state index contributed by atoms with van der Waals surface area (Å²) < 4.78 is 12.4. The van der Waals surface area contributed by atoms with E-state index < -0.39 is 12.1 Å². The molecule has 2 rings (SSSR count). The van der Waals surface area contributed by atoms with Gasteiger partial charge in [0.2, 0.25) is 0 Å². The highest BCUT2D eigenvalue weighted by atomic mass is 16.5. The van der Waals surface area contributed by atoms with Crippen molar-refractivity contribution in [3.05, 3.63) is 46.8 Å². The Kier molecular flexibility index (Phi) is 8.45. The molecule has 1 aromatic carbocycles. The summed E-state index contributed by atoms with van der Waals surface area (Å²) in [6.07, 6.45) is -0.0528. The fourth-order valence-corrected chi connectivity index (χ4v) is 3.22. The van der Waals surface area contributed by atoms with E-state index in [9.17, 15) is 9.59 Å². The Morgan fingerprint density at radius 1 is 1.13 bits per heavy atom. The fraction of sp³-hybridized carbons (Fsp3) is 0.522. The molecule has 0 spiro atoms. The molecule has 1 aromatic heterocycles. The Morgan fingerprint density at radius 3 is 2.40 bits per heavy atom. The SMILES string of the molecule is COc1ccc(CCNC(=O)C(C)OC(=O)Cc2c(C)nn(CC(C)C)c2C)cc1. The highest BCUT2D eigenvalue weighted by Gasteiger charge is 2.21. The van der Waals surface area contributed by atoms with Crippen LogP contribution in [0, 0.1) is 19.8 Å². The lowest BCUT2D eigenvalue weighted by atomic mass is 10.1. The van der Waals surface area contributed by atoms with Gasteiger partial charge in [-0.3, -0.25) is 14.3 Å². The Balaban J connectivity index is 1.81. The topological polar surface area (TPSA) is 82.4 Å². The molecule has 164 valence electrons. The average Bonchev–Trinajstić information content (AvgIpc) is 2.95. The molecule has 0 aliphatic carbocycles. The largest absolute Gasteiger partial charge is 0.497 e. The number of hydrogen-bond acceptors (Lipinski definition) is 5. The Hall–Kier alpha value is -2.83. The van der Waals surface area contributed by atoms with Crippen LogP contribution in [0.4, 0.5) is 0 Å². The predicted octanol–water partition coefficient (Wildman–Crippen LogP) is 3.00. The molecule has 0 saturated carbocycles. The van der Waals surface area contributed by atoms with E-state index in [2.05, 4.69) is 24.3 Å². The summed E-state index contributed by atoms with van der Waals surface area (Å²) in [5.41, 5.74) is 3.74. The van der Waals surface area contributed by atoms with Crippen LogP contribution in [0.3, 0.4) is 0 Å². The van der Waals surface area contributed by atoms with Crippen molar-refractivity contribution < 1.29 is 19.1 Å². The number of benzene rings is 1. The number of hydrogen-bond donors (Lipinski definition) is 1. The smallest absolute Gasteiger partial charge is 0.311 e. The Bertz CT molecular complexity index is 856. The first-order valence-corrected chi connectivity index (χ1v) is 10.3. The predicted molar refractivity (Wildman–Crippen MR) is 116 cm³/mol. The van der Waals surface area contributed by atoms with Gasteiger partial charge in [-0.15, -0.1) is 0 Å². The van der Waals surface area contributed by atoms with E-state index >= 15 is 0 Å². The van der Waals surface area contributed by atoms with E-state index in [1.807, 2.05) is 42.8 Å². The molecule has 1 unspecified atom stereocenters. The minimum Gasteiger partial charge on any atom is -0.497 e. The number of nitrogens with zero attached hydrogens (tertiary/aromatic N) is 2. The number of ether oxygens (including phenoxy) is 2. The van der Waals surface area contributed by atoms with Crippen molar-refractivity contribution in [3.63, 3.8) is 0 Å². The maximum absolute atomic E-state index is 12.4. The first-order chi connectivity index (χ1) is 14.2. The normalized spacial score (nSPS) is 12.0. The monoisotopic (exact) mass is 415 g/mol. The zero-order valence-electron chi connectivity index (χ0n) is 18.8. The number of aryl methyl sites for hydroxylation is 1. The van der Waals surface area contributed by atoms with Gasteiger partial charge in [0, 0.05) is 24.3 Å². The highest BCUT2D eigenvalue weighted by Crippen LogP contribution is 2.16. The number of esters is 1. The lowest BCUT2D eigenvalue weighted by Crippen LogP contribution is -2.37. The van der Waals surface area contributed by atoms with Crippen LogP contribution in [0.1, 0.15) is 43.3 Å². The van der Waals surface area contributed by atoms with E-state index in [0.717, 1.165) is 34.8 Å². The molecule has 1 N–H and O–H groups in total. The Labute approximate surface area is 178 Å². The third-order valence-corrected chi connectivity index (χ3v) is 4.94. The fourth-order valence-electron chi connectivity index (χ4n) is 3.22. The van der Waals surface area contributed by atoms with Crippen molar-refractivity contribution in [2.75, 3.05) is 13.7 Å². The number of nitrogens with one attached hydrogen (secondary N) is 1. The summed E-state index contributed by atoms with van der Waals surface area (Å²) >= 11 is 0. The second kappa shape index (κ2) is 10.8. The maximum Gasteiger partial charge on any atom is 0.311 e. The first kappa shape index (κ1) is 23.4. The second-order valence-corrected chi connectivity index (χ2v) is 7.92. The Morgan fingerprint density at radius 2 is 1.80 bits per heavy atom. The molecule has 7 nitrogen and oxygen atoms in total. The van der Waals surface area contributed by atoms with Crippen molar-refractivity contribution in [3.8, 4) is 5.75 Å². The van der Waals surface area contributed by atoms with Crippen LogP contribution < -0.4 is 10.1 Å². The third-order valence-electron chi connectivity index (χ3n) is 4.94. The van der Waals surface area contributed by atoms with E-state index in [4.69, 9.17) is 9.47 Å². The van der Waals surface area contributed by atoms with Crippen LogP contribution in [0.5, 0.6) is 5.75 Å². The van der Waals surface area contributed by atoms with Crippen molar-refractivity contribution >= 4 is 11.9 Å². The van der Waals surface area contributed by atoms with Crippen LogP contribution in [0.15, 0.2) is 24.3 Å². The third kappa shape index (κ3) is 6.61. The number of carbonyl (C=O) groups is 2. The quantitative estimate of drug-likeness (QED) is 0.603. The van der Waals surface area contributed by atoms with E-state index in [0.29, 0.717) is 18.9 Å². The second-order valence-electron chi connectivity index (χ2n) is 7.92. The average molecular weight is 416 g/mol. The van der Waals surface area contributed by atoms with Gasteiger partial charge in [0.15, 0.2) is 6.10 Å². The van der Waals surface area contributed by atoms with Gasteiger partial charge in [0.05, 0.1) is 19.2 Å². The van der Waals surface area contributed by atoms with Gasteiger partial charge in [-0.1, -0.05) is 26.0 Å². The van der Waals surface area contributed by atoms with E-state index in [1.54, 1.807) is 14.0 Å². The number of aromatic nitrogens is 2. The number of methoxy groups -OCH3 is 1. The molecule has 1 atom stereocenters. The zero-order chi connectivity index (χ0) is 22.3. The minimum atomic E-state index is -0.848. The summed E-state index contributed by atoms with van der Waals surface area (Å²) in [4.78, 5) is 24.6. The molecule has 0 fully saturated rings. The number of carbonyl (C=O) groups excluding carboxylic acids is 2. The molecule has 0 aliphatic heterocycles. The van der Waals surface area contributed by atoms with Crippen molar-refractivity contribution in [2.45, 2.75) is 60.1 Å². The molecule has 0 aliphatic rings. The number of amides is 1. The molecular formula is C23H33N3O4. The molecule has 1 amide bonds. The molecule has 0 saturated heterocycles. The van der Waals surface area contributed by atoms with Gasteiger partial charge < -0.3 is 14.8 Å². The maximum atomic E-state index is 12.4. The lowest BCUT2D eigenvalue weighted by Gasteiger charge is -2.14. The van der Waals surface area contributed by atoms with Crippen LogP contribution in [-0.4, -0.2) is 41.4 Å².